The maximum absolute atomic E-state index is 5.85. The minimum absolute atomic E-state index is 0.126. The Balaban J connectivity index is 2.23. The van der Waals surface area contributed by atoms with Crippen molar-refractivity contribution in [3.63, 3.8) is 0 Å². The number of rotatable bonds is 8. The highest BCUT2D eigenvalue weighted by Crippen LogP contribution is 2.23. The fraction of sp³-hybridized carbons (Fsp3) is 0.750. The van der Waals surface area contributed by atoms with E-state index in [4.69, 9.17) is 5.73 Å². The Morgan fingerprint density at radius 3 is 2.71 bits per heavy atom. The van der Waals surface area contributed by atoms with Crippen molar-refractivity contribution in [3.8, 4) is 0 Å². The number of thiazole rings is 1. The lowest BCUT2D eigenvalue weighted by Gasteiger charge is -2.14. The van der Waals surface area contributed by atoms with Crippen LogP contribution in [-0.4, -0.2) is 24.0 Å². The number of nitrogens with zero attached hydrogens (tertiary/aromatic N) is 2. The third kappa shape index (κ3) is 7.46. The minimum atomic E-state index is 0.126. The van der Waals surface area contributed by atoms with Crippen LogP contribution in [0.4, 0.5) is 0 Å². The summed E-state index contributed by atoms with van der Waals surface area (Å²) in [7, 11) is 0. The average molecular weight is 311 g/mol. The lowest BCUT2D eigenvalue weighted by atomic mass is 9.93. The van der Waals surface area contributed by atoms with Gasteiger partial charge >= 0.3 is 0 Å². The van der Waals surface area contributed by atoms with Crippen molar-refractivity contribution in [1.82, 2.24) is 10.3 Å². The summed E-state index contributed by atoms with van der Waals surface area (Å²) in [4.78, 5) is 9.01. The molecule has 0 amide bonds. The Kier molecular flexibility index (Phi) is 7.72. The molecule has 1 heterocycles. The highest BCUT2D eigenvalue weighted by Gasteiger charge is 2.17. The Bertz CT molecular complexity index is 432. The van der Waals surface area contributed by atoms with Crippen molar-refractivity contribution in [3.05, 3.63) is 16.1 Å². The minimum Gasteiger partial charge on any atom is -0.370 e. The average Bonchev–Trinajstić information content (AvgIpc) is 2.87. The lowest BCUT2D eigenvalue weighted by molar-refractivity contribution is 0.570. The molecule has 0 aliphatic carbocycles. The summed E-state index contributed by atoms with van der Waals surface area (Å²) >= 11 is 1.72. The molecule has 0 radical (unpaired) electrons. The number of hydrogen-bond donors (Lipinski definition) is 2. The molecular formula is C16H30N4S. The van der Waals surface area contributed by atoms with Gasteiger partial charge in [-0.2, -0.15) is 0 Å². The van der Waals surface area contributed by atoms with E-state index in [0.717, 1.165) is 30.9 Å². The van der Waals surface area contributed by atoms with Crippen LogP contribution in [0, 0.1) is 0 Å². The van der Waals surface area contributed by atoms with Crippen LogP contribution in [0.1, 0.15) is 64.1 Å². The molecule has 4 nitrogen and oxygen atoms in total. The Hall–Kier alpha value is -1.10. The number of aromatic nitrogens is 1. The first-order valence-electron chi connectivity index (χ1n) is 7.92. The SMILES string of the molecule is CCCCCCN=C(N)NCCc1nc(C(C)(C)C)cs1. The first-order valence-corrected chi connectivity index (χ1v) is 8.80. The number of aliphatic imine (C=N–C) groups is 1. The number of guanidine groups is 1. The molecule has 0 spiro atoms. The summed E-state index contributed by atoms with van der Waals surface area (Å²) in [5.74, 6) is 0.555. The van der Waals surface area contributed by atoms with Crippen molar-refractivity contribution in [1.29, 1.82) is 0 Å². The number of hydrogen-bond acceptors (Lipinski definition) is 3. The quantitative estimate of drug-likeness (QED) is 0.439. The van der Waals surface area contributed by atoms with Crippen LogP contribution < -0.4 is 11.1 Å². The second-order valence-corrected chi connectivity index (χ2v) is 7.32. The van der Waals surface area contributed by atoms with E-state index < -0.39 is 0 Å². The van der Waals surface area contributed by atoms with Gasteiger partial charge in [0.15, 0.2) is 5.96 Å². The van der Waals surface area contributed by atoms with E-state index in [-0.39, 0.29) is 5.41 Å². The monoisotopic (exact) mass is 310 g/mol. The molecule has 1 rings (SSSR count). The molecule has 0 atom stereocenters. The number of nitrogens with one attached hydrogen (secondary N) is 1. The molecule has 0 unspecified atom stereocenters. The van der Waals surface area contributed by atoms with Crippen LogP contribution in [0.25, 0.3) is 0 Å². The summed E-state index contributed by atoms with van der Waals surface area (Å²) in [5, 5.41) is 6.47. The molecule has 21 heavy (non-hydrogen) atoms. The molecule has 1 aromatic rings. The van der Waals surface area contributed by atoms with Gasteiger partial charge in [0.25, 0.3) is 0 Å². The predicted molar refractivity (Wildman–Crippen MR) is 93.2 cm³/mol. The Morgan fingerprint density at radius 1 is 1.33 bits per heavy atom. The molecule has 3 N–H and O–H groups in total. The number of nitrogens with two attached hydrogens (primary N) is 1. The van der Waals surface area contributed by atoms with Crippen molar-refractivity contribution in [2.75, 3.05) is 13.1 Å². The normalized spacial score (nSPS) is 12.7. The van der Waals surface area contributed by atoms with E-state index in [1.807, 2.05) is 0 Å². The van der Waals surface area contributed by atoms with Gasteiger partial charge in [-0.25, -0.2) is 4.98 Å². The van der Waals surface area contributed by atoms with Crippen LogP contribution >= 0.6 is 11.3 Å². The maximum Gasteiger partial charge on any atom is 0.188 e. The number of unbranched alkanes of at least 4 members (excludes halogenated alkanes) is 3. The van der Waals surface area contributed by atoms with Gasteiger partial charge in [0.05, 0.1) is 10.7 Å². The van der Waals surface area contributed by atoms with Crippen LogP contribution in [0.3, 0.4) is 0 Å². The fourth-order valence-corrected chi connectivity index (χ4v) is 2.89. The third-order valence-corrected chi connectivity index (χ3v) is 4.17. The maximum atomic E-state index is 5.85. The van der Waals surface area contributed by atoms with Gasteiger partial charge < -0.3 is 11.1 Å². The Labute approximate surface area is 133 Å². The third-order valence-electron chi connectivity index (χ3n) is 3.26. The topological polar surface area (TPSA) is 63.3 Å². The highest BCUT2D eigenvalue weighted by molar-refractivity contribution is 7.09. The zero-order valence-corrected chi connectivity index (χ0v) is 14.7. The molecule has 5 heteroatoms. The van der Waals surface area contributed by atoms with E-state index >= 15 is 0 Å². The largest absolute Gasteiger partial charge is 0.370 e. The molecule has 120 valence electrons. The van der Waals surface area contributed by atoms with Gasteiger partial charge in [0.1, 0.15) is 0 Å². The zero-order valence-electron chi connectivity index (χ0n) is 13.9. The molecule has 0 saturated heterocycles. The van der Waals surface area contributed by atoms with Crippen molar-refractivity contribution < 1.29 is 0 Å². The second kappa shape index (κ2) is 9.03. The predicted octanol–water partition coefficient (Wildman–Crippen LogP) is 3.47. The van der Waals surface area contributed by atoms with Crippen LogP contribution in [-0.2, 0) is 11.8 Å². The lowest BCUT2D eigenvalue weighted by Crippen LogP contribution is -2.33. The first kappa shape index (κ1) is 18.0. The van der Waals surface area contributed by atoms with Crippen molar-refractivity contribution in [2.45, 2.75) is 65.2 Å². The smallest absolute Gasteiger partial charge is 0.188 e. The molecule has 1 aromatic heterocycles. The summed E-state index contributed by atoms with van der Waals surface area (Å²) in [6.45, 7) is 10.4. The molecule has 0 aromatic carbocycles. The molecule has 0 aliphatic heterocycles. The van der Waals surface area contributed by atoms with E-state index in [9.17, 15) is 0 Å². The summed E-state index contributed by atoms with van der Waals surface area (Å²) < 4.78 is 0. The van der Waals surface area contributed by atoms with Gasteiger partial charge in [-0.15, -0.1) is 11.3 Å². The molecule has 0 fully saturated rings. The fourth-order valence-electron chi connectivity index (χ4n) is 1.86. The van der Waals surface area contributed by atoms with Gasteiger partial charge in [-0.05, 0) is 6.42 Å². The summed E-state index contributed by atoms with van der Waals surface area (Å²) in [6, 6.07) is 0. The van der Waals surface area contributed by atoms with Gasteiger partial charge in [-0.1, -0.05) is 47.0 Å². The van der Waals surface area contributed by atoms with Crippen LogP contribution in [0.2, 0.25) is 0 Å². The van der Waals surface area contributed by atoms with E-state index in [0.29, 0.717) is 5.96 Å². The summed E-state index contributed by atoms with van der Waals surface area (Å²) in [5.41, 5.74) is 7.14. The molecule has 0 saturated carbocycles. The van der Waals surface area contributed by atoms with Gasteiger partial charge in [-0.3, -0.25) is 4.99 Å². The van der Waals surface area contributed by atoms with E-state index in [2.05, 4.69) is 48.4 Å². The van der Waals surface area contributed by atoms with Crippen molar-refractivity contribution in [2.24, 2.45) is 10.7 Å². The molecule has 0 bridgehead atoms. The van der Waals surface area contributed by atoms with Crippen LogP contribution in [0.5, 0.6) is 0 Å². The zero-order chi connectivity index (χ0) is 15.7. The highest BCUT2D eigenvalue weighted by atomic mass is 32.1. The molecule has 0 aliphatic rings. The molecular weight excluding hydrogens is 280 g/mol. The summed E-state index contributed by atoms with van der Waals surface area (Å²) in [6.07, 6.45) is 5.79. The standard InChI is InChI=1S/C16H30N4S/c1-5-6-7-8-10-18-15(17)19-11-9-14-20-13(12-21-14)16(2,3)4/h12H,5-11H2,1-4H3,(H3,17,18,19). The van der Waals surface area contributed by atoms with Gasteiger partial charge in [0.2, 0.25) is 0 Å². The first-order chi connectivity index (χ1) is 9.93. The van der Waals surface area contributed by atoms with E-state index in [1.54, 1.807) is 11.3 Å². The van der Waals surface area contributed by atoms with Crippen LogP contribution in [0.15, 0.2) is 10.4 Å². The second-order valence-electron chi connectivity index (χ2n) is 6.38. The van der Waals surface area contributed by atoms with Gasteiger partial charge in [0, 0.05) is 30.3 Å². The van der Waals surface area contributed by atoms with E-state index in [1.165, 1.54) is 25.0 Å². The van der Waals surface area contributed by atoms with Crippen molar-refractivity contribution >= 4 is 17.3 Å². The Morgan fingerprint density at radius 2 is 2.10 bits per heavy atom.